The highest BCUT2D eigenvalue weighted by molar-refractivity contribution is 8.13. The van der Waals surface area contributed by atoms with E-state index in [9.17, 15) is 8.42 Å². The van der Waals surface area contributed by atoms with E-state index in [4.69, 9.17) is 15.4 Å². The first kappa shape index (κ1) is 14.4. The molecule has 1 unspecified atom stereocenters. The Morgan fingerprint density at radius 2 is 2.00 bits per heavy atom. The van der Waals surface area contributed by atoms with Crippen LogP contribution in [0.25, 0.3) is 0 Å². The summed E-state index contributed by atoms with van der Waals surface area (Å²) in [6.07, 6.45) is 0.643. The summed E-state index contributed by atoms with van der Waals surface area (Å²) in [6, 6.07) is 0. The van der Waals surface area contributed by atoms with Gasteiger partial charge in [0, 0.05) is 24.3 Å². The SMILES string of the molecule is CCn1c(C(C)(CC)OC)nnc1S(=O)(=O)Cl. The lowest BCUT2D eigenvalue weighted by atomic mass is 10.0. The maximum absolute atomic E-state index is 11.3. The van der Waals surface area contributed by atoms with E-state index < -0.39 is 14.7 Å². The van der Waals surface area contributed by atoms with E-state index in [1.807, 2.05) is 13.8 Å². The second-order valence-corrected chi connectivity index (χ2v) is 6.24. The van der Waals surface area contributed by atoms with Gasteiger partial charge in [0.2, 0.25) is 0 Å². The molecule has 0 aliphatic heterocycles. The van der Waals surface area contributed by atoms with Crippen LogP contribution >= 0.6 is 10.7 Å². The van der Waals surface area contributed by atoms with Crippen molar-refractivity contribution in [2.45, 2.75) is 44.5 Å². The summed E-state index contributed by atoms with van der Waals surface area (Å²) in [4.78, 5) is 0. The summed E-state index contributed by atoms with van der Waals surface area (Å²) in [5, 5.41) is 7.28. The molecule has 0 N–H and O–H groups in total. The molecular weight excluding hydrogens is 266 g/mol. The highest BCUT2D eigenvalue weighted by atomic mass is 35.7. The molecule has 0 radical (unpaired) electrons. The van der Waals surface area contributed by atoms with E-state index >= 15 is 0 Å². The van der Waals surface area contributed by atoms with Gasteiger partial charge in [-0.25, -0.2) is 8.42 Å². The zero-order valence-electron chi connectivity index (χ0n) is 10.3. The van der Waals surface area contributed by atoms with Crippen molar-refractivity contribution in [3.8, 4) is 0 Å². The van der Waals surface area contributed by atoms with Gasteiger partial charge in [0.25, 0.3) is 14.2 Å². The third-order valence-electron chi connectivity index (χ3n) is 2.85. The van der Waals surface area contributed by atoms with Gasteiger partial charge in [0.05, 0.1) is 0 Å². The fourth-order valence-corrected chi connectivity index (χ4v) is 2.50. The van der Waals surface area contributed by atoms with Crippen LogP contribution in [-0.4, -0.2) is 30.3 Å². The second-order valence-electron chi connectivity index (χ2n) is 3.78. The predicted octanol–water partition coefficient (Wildman–Crippen LogP) is 1.50. The summed E-state index contributed by atoms with van der Waals surface area (Å²) in [7, 11) is 2.95. The van der Waals surface area contributed by atoms with Crippen molar-refractivity contribution in [1.29, 1.82) is 0 Å². The van der Waals surface area contributed by atoms with E-state index in [0.717, 1.165) is 0 Å². The van der Waals surface area contributed by atoms with Crippen molar-refractivity contribution in [2.75, 3.05) is 7.11 Å². The van der Waals surface area contributed by atoms with Crippen LogP contribution in [0.1, 0.15) is 33.0 Å². The summed E-state index contributed by atoms with van der Waals surface area (Å²) in [6.45, 7) is 5.95. The van der Waals surface area contributed by atoms with Gasteiger partial charge in [-0.3, -0.25) is 4.57 Å². The Labute approximate surface area is 105 Å². The number of hydrogen-bond donors (Lipinski definition) is 0. The van der Waals surface area contributed by atoms with E-state index in [0.29, 0.717) is 18.8 Å². The molecule has 1 atom stereocenters. The van der Waals surface area contributed by atoms with Crippen molar-refractivity contribution < 1.29 is 13.2 Å². The number of ether oxygens (including phenoxy) is 1. The van der Waals surface area contributed by atoms with Crippen LogP contribution in [0, 0.1) is 0 Å². The Morgan fingerprint density at radius 1 is 1.41 bits per heavy atom. The molecule has 0 bridgehead atoms. The van der Waals surface area contributed by atoms with Gasteiger partial charge in [-0.1, -0.05) is 6.92 Å². The number of aromatic nitrogens is 3. The Hall–Kier alpha value is -0.660. The first-order valence-electron chi connectivity index (χ1n) is 5.23. The molecule has 0 fully saturated rings. The fourth-order valence-electron chi connectivity index (χ4n) is 1.54. The highest BCUT2D eigenvalue weighted by Gasteiger charge is 2.33. The second kappa shape index (κ2) is 4.91. The van der Waals surface area contributed by atoms with E-state index in [1.54, 1.807) is 14.0 Å². The van der Waals surface area contributed by atoms with Gasteiger partial charge in [-0.2, -0.15) is 0 Å². The number of nitrogens with zero attached hydrogens (tertiary/aromatic N) is 3. The molecule has 0 saturated carbocycles. The molecule has 0 saturated heterocycles. The lowest BCUT2D eigenvalue weighted by Gasteiger charge is -2.25. The van der Waals surface area contributed by atoms with Gasteiger partial charge in [-0.15, -0.1) is 10.2 Å². The highest BCUT2D eigenvalue weighted by Crippen LogP contribution is 2.28. The molecule has 8 heteroatoms. The number of rotatable bonds is 5. The molecule has 0 amide bonds. The van der Waals surface area contributed by atoms with Crippen LogP contribution in [0.5, 0.6) is 0 Å². The lowest BCUT2D eigenvalue weighted by molar-refractivity contribution is -0.0123. The van der Waals surface area contributed by atoms with Crippen LogP contribution in [0.15, 0.2) is 5.16 Å². The van der Waals surface area contributed by atoms with Gasteiger partial charge < -0.3 is 4.74 Å². The van der Waals surface area contributed by atoms with E-state index in [2.05, 4.69) is 10.2 Å². The molecule has 1 aromatic heterocycles. The minimum absolute atomic E-state index is 0.242. The minimum Gasteiger partial charge on any atom is -0.371 e. The number of hydrogen-bond acceptors (Lipinski definition) is 5. The fraction of sp³-hybridized carbons (Fsp3) is 0.778. The average molecular weight is 282 g/mol. The molecule has 0 aromatic carbocycles. The van der Waals surface area contributed by atoms with Crippen LogP contribution < -0.4 is 0 Å². The number of halogens is 1. The Bertz CT molecular complexity index is 494. The quantitative estimate of drug-likeness (QED) is 0.765. The standard InChI is InChI=1S/C9H16ClN3O3S/c1-5-9(3,16-4)7-11-12-8(13(7)6-2)17(10,14)15/h5-6H2,1-4H3. The molecule has 0 spiro atoms. The third kappa shape index (κ3) is 2.61. The topological polar surface area (TPSA) is 74.1 Å². The van der Waals surface area contributed by atoms with Crippen LogP contribution in [0.3, 0.4) is 0 Å². The Morgan fingerprint density at radius 3 is 2.35 bits per heavy atom. The molecule has 0 aliphatic rings. The smallest absolute Gasteiger partial charge is 0.296 e. The molecule has 1 aromatic rings. The average Bonchev–Trinajstić information content (AvgIpc) is 2.71. The van der Waals surface area contributed by atoms with E-state index in [1.165, 1.54) is 4.57 Å². The van der Waals surface area contributed by atoms with Gasteiger partial charge in [-0.05, 0) is 20.3 Å². The van der Waals surface area contributed by atoms with E-state index in [-0.39, 0.29) is 5.16 Å². The first-order valence-corrected chi connectivity index (χ1v) is 7.54. The molecule has 6 nitrogen and oxygen atoms in total. The van der Waals surface area contributed by atoms with Gasteiger partial charge in [0.15, 0.2) is 5.82 Å². The van der Waals surface area contributed by atoms with Crippen molar-refractivity contribution >= 4 is 19.7 Å². The maximum atomic E-state index is 11.3. The molecule has 1 heterocycles. The zero-order chi connectivity index (χ0) is 13.3. The summed E-state index contributed by atoms with van der Waals surface area (Å²) < 4.78 is 29.5. The molecule has 0 aliphatic carbocycles. The van der Waals surface area contributed by atoms with Crippen molar-refractivity contribution in [2.24, 2.45) is 0 Å². The summed E-state index contributed by atoms with van der Waals surface area (Å²) >= 11 is 0. The minimum atomic E-state index is -3.90. The predicted molar refractivity (Wildman–Crippen MR) is 63.4 cm³/mol. The van der Waals surface area contributed by atoms with Crippen molar-refractivity contribution in [3.05, 3.63) is 5.82 Å². The summed E-state index contributed by atoms with van der Waals surface area (Å²) in [5.74, 6) is 0.462. The molecule has 1 rings (SSSR count). The van der Waals surface area contributed by atoms with Crippen molar-refractivity contribution in [1.82, 2.24) is 14.8 Å². The molecule has 17 heavy (non-hydrogen) atoms. The van der Waals surface area contributed by atoms with Crippen molar-refractivity contribution in [3.63, 3.8) is 0 Å². The van der Waals surface area contributed by atoms with Crippen LogP contribution in [-0.2, 0) is 25.9 Å². The molecule has 98 valence electrons. The van der Waals surface area contributed by atoms with Gasteiger partial charge >= 0.3 is 0 Å². The third-order valence-corrected chi connectivity index (χ3v) is 4.00. The zero-order valence-corrected chi connectivity index (χ0v) is 11.8. The van der Waals surface area contributed by atoms with Crippen LogP contribution in [0.4, 0.5) is 0 Å². The summed E-state index contributed by atoms with van der Waals surface area (Å²) in [5.41, 5.74) is -0.678. The van der Waals surface area contributed by atoms with Gasteiger partial charge in [0.1, 0.15) is 5.60 Å². The Kier molecular flexibility index (Phi) is 4.16. The largest absolute Gasteiger partial charge is 0.371 e. The first-order chi connectivity index (χ1) is 7.80. The Balaban J connectivity index is 3.43. The maximum Gasteiger partial charge on any atom is 0.296 e. The normalized spacial score (nSPS) is 15.8. The van der Waals surface area contributed by atoms with Crippen LogP contribution in [0.2, 0.25) is 0 Å². The number of methoxy groups -OCH3 is 1. The monoisotopic (exact) mass is 281 g/mol. The lowest BCUT2D eigenvalue weighted by Crippen LogP contribution is -2.28. The molecular formula is C9H16ClN3O3S.